The molecule has 2 aromatic carbocycles. The molecule has 1 atom stereocenters. The number of halogens is 3. The molecule has 1 unspecified atom stereocenters. The van der Waals surface area contributed by atoms with Gasteiger partial charge in [-0.2, -0.15) is 13.2 Å². The minimum absolute atomic E-state index is 0.160. The smallest absolute Gasteiger partial charge is 0.431 e. The molecule has 2 aliphatic rings. The van der Waals surface area contributed by atoms with Crippen LogP contribution in [0.15, 0.2) is 71.1 Å². The molecule has 0 saturated heterocycles. The molecule has 0 spiro atoms. The Morgan fingerprint density at radius 2 is 1.54 bits per heavy atom. The molecule has 0 bridgehead atoms. The van der Waals surface area contributed by atoms with Gasteiger partial charge in [0.25, 0.3) is 11.8 Å². The highest BCUT2D eigenvalue weighted by molar-refractivity contribution is 6.21. The third-order valence-electron chi connectivity index (χ3n) is 6.36. The molecule has 8 nitrogen and oxygen atoms in total. The number of hydrogen-bond acceptors (Lipinski definition) is 7. The fourth-order valence-corrected chi connectivity index (χ4v) is 4.68. The summed E-state index contributed by atoms with van der Waals surface area (Å²) in [6, 6.07) is 12.7. The highest BCUT2D eigenvalue weighted by Crippen LogP contribution is 2.43. The second-order valence-corrected chi connectivity index (χ2v) is 8.96. The zero-order valence-electron chi connectivity index (χ0n) is 21.3. The number of rotatable bonds is 7. The van der Waals surface area contributed by atoms with Crippen LogP contribution in [0.3, 0.4) is 0 Å². The lowest BCUT2D eigenvalue weighted by Crippen LogP contribution is -2.39. The maximum Gasteiger partial charge on any atom is 0.431 e. The van der Waals surface area contributed by atoms with Crippen molar-refractivity contribution in [1.82, 2.24) is 10.2 Å². The molecule has 0 aromatic heterocycles. The van der Waals surface area contributed by atoms with Gasteiger partial charge in [0.2, 0.25) is 0 Å². The van der Waals surface area contributed by atoms with E-state index < -0.39 is 53.7 Å². The summed E-state index contributed by atoms with van der Waals surface area (Å²) in [5.74, 6) is -4.77. The first-order valence-corrected chi connectivity index (χ1v) is 12.1. The molecule has 204 valence electrons. The molecule has 0 saturated carbocycles. The summed E-state index contributed by atoms with van der Waals surface area (Å²) in [5, 5.41) is 2.16. The number of fused-ring (bicyclic) bond motifs is 1. The molecule has 0 aliphatic carbocycles. The summed E-state index contributed by atoms with van der Waals surface area (Å²) in [6.07, 6.45) is -4.95. The Labute approximate surface area is 222 Å². The first-order chi connectivity index (χ1) is 18.5. The van der Waals surface area contributed by atoms with Crippen LogP contribution in [-0.2, 0) is 19.1 Å². The monoisotopic (exact) mass is 542 g/mol. The molecule has 39 heavy (non-hydrogen) atoms. The summed E-state index contributed by atoms with van der Waals surface area (Å²) < 4.78 is 52.6. The third-order valence-corrected chi connectivity index (χ3v) is 6.36. The lowest BCUT2D eigenvalue weighted by atomic mass is 9.79. The number of imide groups is 1. The van der Waals surface area contributed by atoms with E-state index >= 15 is 0 Å². The lowest BCUT2D eigenvalue weighted by Gasteiger charge is -2.32. The number of ether oxygens (including phenoxy) is 2. The number of dihydropyridines is 1. The number of allylic oxidation sites excluding steroid dienone is 2. The van der Waals surface area contributed by atoms with Crippen LogP contribution in [-0.4, -0.2) is 54.6 Å². The molecular weight excluding hydrogens is 517 g/mol. The molecule has 2 aliphatic heterocycles. The molecule has 2 aromatic rings. The second-order valence-electron chi connectivity index (χ2n) is 8.96. The maximum atomic E-state index is 14.1. The number of hydrogen-bond donors (Lipinski definition) is 1. The Morgan fingerprint density at radius 1 is 0.923 bits per heavy atom. The minimum atomic E-state index is -4.95. The summed E-state index contributed by atoms with van der Waals surface area (Å²) in [4.78, 5) is 52.4. The molecule has 0 fully saturated rings. The van der Waals surface area contributed by atoms with Gasteiger partial charge < -0.3 is 14.8 Å². The second kappa shape index (κ2) is 10.8. The van der Waals surface area contributed by atoms with Crippen LogP contribution < -0.4 is 5.32 Å². The fraction of sp³-hybridized carbons (Fsp3) is 0.286. The van der Waals surface area contributed by atoms with Crippen molar-refractivity contribution in [2.75, 3.05) is 19.8 Å². The molecule has 2 heterocycles. The largest absolute Gasteiger partial charge is 0.463 e. The third kappa shape index (κ3) is 5.29. The van der Waals surface area contributed by atoms with Crippen molar-refractivity contribution in [1.29, 1.82) is 0 Å². The Morgan fingerprint density at radius 3 is 2.10 bits per heavy atom. The Hall–Kier alpha value is -4.41. The predicted molar refractivity (Wildman–Crippen MR) is 132 cm³/mol. The minimum Gasteiger partial charge on any atom is -0.463 e. The van der Waals surface area contributed by atoms with E-state index in [0.717, 1.165) is 4.90 Å². The van der Waals surface area contributed by atoms with Crippen LogP contribution in [0.1, 0.15) is 51.6 Å². The summed E-state index contributed by atoms with van der Waals surface area (Å²) in [6.45, 7) is 3.60. The van der Waals surface area contributed by atoms with Crippen LogP contribution in [0, 0.1) is 6.92 Å². The van der Waals surface area contributed by atoms with Gasteiger partial charge in [0.15, 0.2) is 0 Å². The standard InChI is InChI=1S/C28H25F3N2O6/c1-4-38-27(37)22-21(17-9-7-8-15(2)14-17)20(16(3)32-23(22)28(29,30)31)26(36)39-13-12-33-24(34)18-10-5-6-11-19(18)25(33)35/h5-11,14,21,32H,4,12-13H2,1-3H3. The van der Waals surface area contributed by atoms with E-state index in [1.165, 1.54) is 32.0 Å². The average molecular weight is 543 g/mol. The summed E-state index contributed by atoms with van der Waals surface area (Å²) >= 11 is 0. The highest BCUT2D eigenvalue weighted by Gasteiger charge is 2.47. The Balaban J connectivity index is 1.65. The number of alkyl halides is 3. The van der Waals surface area contributed by atoms with Gasteiger partial charge in [-0.05, 0) is 38.5 Å². The number of aryl methyl sites for hydroxylation is 1. The van der Waals surface area contributed by atoms with Gasteiger partial charge in [-0.1, -0.05) is 42.0 Å². The molecule has 11 heteroatoms. The highest BCUT2D eigenvalue weighted by atomic mass is 19.4. The van der Waals surface area contributed by atoms with Crippen LogP contribution in [0.4, 0.5) is 13.2 Å². The topological polar surface area (TPSA) is 102 Å². The summed E-state index contributed by atoms with van der Waals surface area (Å²) in [5.41, 5.74) is -1.07. The molecule has 4 rings (SSSR count). The number of carbonyl (C=O) groups is 4. The quantitative estimate of drug-likeness (QED) is 0.414. The van der Waals surface area contributed by atoms with Crippen molar-refractivity contribution in [2.24, 2.45) is 0 Å². The molecular formula is C28H25F3N2O6. The van der Waals surface area contributed by atoms with Crippen molar-refractivity contribution in [3.63, 3.8) is 0 Å². The average Bonchev–Trinajstić information content (AvgIpc) is 3.12. The van der Waals surface area contributed by atoms with Gasteiger partial charge in [0, 0.05) is 5.70 Å². The van der Waals surface area contributed by atoms with Crippen molar-refractivity contribution < 1.29 is 41.8 Å². The van der Waals surface area contributed by atoms with Gasteiger partial charge in [-0.25, -0.2) is 9.59 Å². The molecule has 1 N–H and O–H groups in total. The van der Waals surface area contributed by atoms with Crippen molar-refractivity contribution in [3.05, 3.63) is 93.3 Å². The first-order valence-electron chi connectivity index (χ1n) is 12.1. The van der Waals surface area contributed by atoms with Gasteiger partial charge in [-0.3, -0.25) is 14.5 Å². The van der Waals surface area contributed by atoms with Crippen LogP contribution in [0.2, 0.25) is 0 Å². The maximum absolute atomic E-state index is 14.1. The van der Waals surface area contributed by atoms with Crippen molar-refractivity contribution in [2.45, 2.75) is 32.9 Å². The fourth-order valence-electron chi connectivity index (χ4n) is 4.68. The van der Waals surface area contributed by atoms with Crippen LogP contribution in [0.5, 0.6) is 0 Å². The van der Waals surface area contributed by atoms with Gasteiger partial charge in [0.05, 0.1) is 41.3 Å². The number of amides is 2. The predicted octanol–water partition coefficient (Wildman–Crippen LogP) is 4.17. The van der Waals surface area contributed by atoms with E-state index in [-0.39, 0.29) is 41.1 Å². The van der Waals surface area contributed by atoms with Crippen LogP contribution in [0.25, 0.3) is 0 Å². The zero-order chi connectivity index (χ0) is 28.5. The van der Waals surface area contributed by atoms with Crippen LogP contribution >= 0.6 is 0 Å². The van der Waals surface area contributed by atoms with Crippen molar-refractivity contribution >= 4 is 23.8 Å². The van der Waals surface area contributed by atoms with Gasteiger partial charge in [0.1, 0.15) is 12.3 Å². The summed E-state index contributed by atoms with van der Waals surface area (Å²) in [7, 11) is 0. The Kier molecular flexibility index (Phi) is 7.62. The number of esters is 2. The number of nitrogens with one attached hydrogen (secondary N) is 1. The van der Waals surface area contributed by atoms with Gasteiger partial charge >= 0.3 is 18.1 Å². The normalized spacial score (nSPS) is 17.3. The van der Waals surface area contributed by atoms with Gasteiger partial charge in [-0.15, -0.1) is 0 Å². The Bertz CT molecular complexity index is 1390. The number of benzene rings is 2. The molecule has 0 radical (unpaired) electrons. The van der Waals surface area contributed by atoms with E-state index in [2.05, 4.69) is 5.32 Å². The van der Waals surface area contributed by atoms with E-state index in [1.54, 1.807) is 37.3 Å². The SMILES string of the molecule is CCOC(=O)C1=C(C(F)(F)F)NC(C)=C(C(=O)OCCN2C(=O)c3ccccc3C2=O)C1c1cccc(C)c1. The lowest BCUT2D eigenvalue weighted by molar-refractivity contribution is -0.141. The van der Waals surface area contributed by atoms with Crippen molar-refractivity contribution in [3.8, 4) is 0 Å². The van der Waals surface area contributed by atoms with E-state index in [1.807, 2.05) is 0 Å². The van der Waals surface area contributed by atoms with E-state index in [9.17, 15) is 32.3 Å². The number of nitrogens with zero attached hydrogens (tertiary/aromatic N) is 1. The zero-order valence-corrected chi connectivity index (χ0v) is 21.3. The number of carbonyl (C=O) groups excluding carboxylic acids is 4. The van der Waals surface area contributed by atoms with E-state index in [0.29, 0.717) is 5.56 Å². The molecule has 2 amide bonds. The van der Waals surface area contributed by atoms with E-state index in [4.69, 9.17) is 9.47 Å². The first kappa shape index (κ1) is 27.6.